The maximum absolute atomic E-state index is 8.86. The SMILES string of the molecule is N#Cc1c[nH]cc1C1=CC(Cl)=CCC1. The minimum absolute atomic E-state index is 0.683. The molecule has 0 amide bonds. The van der Waals surface area contributed by atoms with Crippen molar-refractivity contribution in [3.05, 3.63) is 40.7 Å². The Morgan fingerprint density at radius 2 is 2.29 bits per heavy atom. The van der Waals surface area contributed by atoms with Gasteiger partial charge in [0, 0.05) is 23.0 Å². The van der Waals surface area contributed by atoms with Gasteiger partial charge in [-0.15, -0.1) is 0 Å². The van der Waals surface area contributed by atoms with Crippen LogP contribution in [0.1, 0.15) is 24.0 Å². The molecule has 1 heterocycles. The van der Waals surface area contributed by atoms with Crippen LogP contribution >= 0.6 is 11.6 Å². The van der Waals surface area contributed by atoms with Gasteiger partial charge >= 0.3 is 0 Å². The lowest BCUT2D eigenvalue weighted by Gasteiger charge is -2.09. The molecule has 0 saturated heterocycles. The molecule has 70 valence electrons. The zero-order valence-corrected chi connectivity index (χ0v) is 8.30. The van der Waals surface area contributed by atoms with Gasteiger partial charge in [0.1, 0.15) is 6.07 Å². The first-order chi connectivity index (χ1) is 6.81. The number of H-pyrrole nitrogens is 1. The second-order valence-corrected chi connectivity index (χ2v) is 3.63. The minimum atomic E-state index is 0.683. The summed E-state index contributed by atoms with van der Waals surface area (Å²) >= 11 is 5.92. The lowest BCUT2D eigenvalue weighted by atomic mass is 9.97. The number of hydrogen-bond donors (Lipinski definition) is 1. The van der Waals surface area contributed by atoms with E-state index in [0.717, 1.165) is 29.0 Å². The van der Waals surface area contributed by atoms with Crippen molar-refractivity contribution in [2.24, 2.45) is 0 Å². The van der Waals surface area contributed by atoms with Crippen molar-refractivity contribution < 1.29 is 0 Å². The summed E-state index contributed by atoms with van der Waals surface area (Å²) in [5.41, 5.74) is 2.79. The average molecular weight is 205 g/mol. The topological polar surface area (TPSA) is 39.6 Å². The molecule has 0 bridgehead atoms. The number of nitriles is 1. The third kappa shape index (κ3) is 1.59. The molecule has 0 aromatic carbocycles. The summed E-state index contributed by atoms with van der Waals surface area (Å²) in [7, 11) is 0. The Kier molecular flexibility index (Phi) is 2.43. The molecule has 2 rings (SSSR count). The summed E-state index contributed by atoms with van der Waals surface area (Å²) in [6, 6.07) is 2.15. The highest BCUT2D eigenvalue weighted by Crippen LogP contribution is 2.29. The van der Waals surface area contributed by atoms with Gasteiger partial charge in [0.25, 0.3) is 0 Å². The molecule has 14 heavy (non-hydrogen) atoms. The van der Waals surface area contributed by atoms with Gasteiger partial charge in [-0.25, -0.2) is 0 Å². The second-order valence-electron chi connectivity index (χ2n) is 3.19. The molecular weight excluding hydrogens is 196 g/mol. The van der Waals surface area contributed by atoms with Gasteiger partial charge in [-0.3, -0.25) is 0 Å². The van der Waals surface area contributed by atoms with Crippen LogP contribution in [-0.4, -0.2) is 4.98 Å². The quantitative estimate of drug-likeness (QED) is 0.750. The molecule has 0 saturated carbocycles. The molecular formula is C11H9ClN2. The van der Waals surface area contributed by atoms with Crippen LogP contribution in [0.4, 0.5) is 0 Å². The van der Waals surface area contributed by atoms with Crippen molar-refractivity contribution in [2.75, 3.05) is 0 Å². The standard InChI is InChI=1S/C11H9ClN2/c12-10-3-1-2-8(4-10)11-7-14-6-9(11)5-13/h3-4,6-7,14H,1-2H2. The van der Waals surface area contributed by atoms with Gasteiger partial charge in [-0.2, -0.15) is 5.26 Å². The van der Waals surface area contributed by atoms with Crippen LogP contribution in [0.3, 0.4) is 0 Å². The van der Waals surface area contributed by atoms with Gasteiger partial charge in [0.2, 0.25) is 0 Å². The van der Waals surface area contributed by atoms with Crippen LogP contribution in [0.5, 0.6) is 0 Å². The Hall–Kier alpha value is -1.46. The number of hydrogen-bond acceptors (Lipinski definition) is 1. The number of halogens is 1. The maximum atomic E-state index is 8.86. The Labute approximate surface area is 87.5 Å². The molecule has 0 fully saturated rings. The maximum Gasteiger partial charge on any atom is 0.101 e. The first kappa shape index (κ1) is 9.11. The Morgan fingerprint density at radius 1 is 1.43 bits per heavy atom. The summed E-state index contributed by atoms with van der Waals surface area (Å²) in [5, 5.41) is 9.62. The first-order valence-electron chi connectivity index (χ1n) is 4.45. The van der Waals surface area contributed by atoms with Crippen molar-refractivity contribution >= 4 is 17.2 Å². The van der Waals surface area contributed by atoms with Crippen LogP contribution in [0.2, 0.25) is 0 Å². The molecule has 0 spiro atoms. The Bertz CT molecular complexity index is 446. The zero-order chi connectivity index (χ0) is 9.97. The predicted molar refractivity (Wildman–Crippen MR) is 56.7 cm³/mol. The van der Waals surface area contributed by atoms with Crippen molar-refractivity contribution in [3.8, 4) is 6.07 Å². The number of nitrogens with one attached hydrogen (secondary N) is 1. The Morgan fingerprint density at radius 3 is 3.00 bits per heavy atom. The van der Waals surface area contributed by atoms with Crippen molar-refractivity contribution in [3.63, 3.8) is 0 Å². The largest absolute Gasteiger partial charge is 0.366 e. The van der Waals surface area contributed by atoms with Gasteiger partial charge in [-0.1, -0.05) is 17.7 Å². The number of nitrogens with zero attached hydrogens (tertiary/aromatic N) is 1. The fourth-order valence-electron chi connectivity index (χ4n) is 1.60. The highest BCUT2D eigenvalue weighted by Gasteiger charge is 2.11. The summed E-state index contributed by atoms with van der Waals surface area (Å²) in [5.74, 6) is 0. The van der Waals surface area contributed by atoms with E-state index in [-0.39, 0.29) is 0 Å². The third-order valence-electron chi connectivity index (χ3n) is 2.28. The zero-order valence-electron chi connectivity index (χ0n) is 7.55. The predicted octanol–water partition coefficient (Wildman–Crippen LogP) is 3.19. The lowest BCUT2D eigenvalue weighted by molar-refractivity contribution is 1.05. The van der Waals surface area contributed by atoms with Crippen LogP contribution in [-0.2, 0) is 0 Å². The number of allylic oxidation sites excluding steroid dienone is 4. The highest BCUT2D eigenvalue weighted by molar-refractivity contribution is 6.31. The summed E-state index contributed by atoms with van der Waals surface area (Å²) < 4.78 is 0. The monoisotopic (exact) mass is 204 g/mol. The molecule has 3 heteroatoms. The Balaban J connectivity index is 2.41. The number of rotatable bonds is 1. The minimum Gasteiger partial charge on any atom is -0.366 e. The van der Waals surface area contributed by atoms with E-state index in [1.54, 1.807) is 6.20 Å². The fraction of sp³-hybridized carbons (Fsp3) is 0.182. The van der Waals surface area contributed by atoms with E-state index in [1.165, 1.54) is 0 Å². The van der Waals surface area contributed by atoms with Gasteiger partial charge in [-0.05, 0) is 24.5 Å². The van der Waals surface area contributed by atoms with Crippen molar-refractivity contribution in [2.45, 2.75) is 12.8 Å². The number of aromatic amines is 1. The molecule has 0 aliphatic heterocycles. The molecule has 1 aliphatic carbocycles. The van der Waals surface area contributed by atoms with Gasteiger partial charge < -0.3 is 4.98 Å². The van der Waals surface area contributed by atoms with E-state index in [1.807, 2.05) is 18.3 Å². The molecule has 2 nitrogen and oxygen atoms in total. The van der Waals surface area contributed by atoms with Gasteiger partial charge in [0.05, 0.1) is 5.56 Å². The molecule has 1 aromatic heterocycles. The van der Waals surface area contributed by atoms with E-state index in [2.05, 4.69) is 11.1 Å². The van der Waals surface area contributed by atoms with E-state index in [0.29, 0.717) is 5.56 Å². The average Bonchev–Trinajstić information content (AvgIpc) is 2.65. The second kappa shape index (κ2) is 3.73. The molecule has 0 atom stereocenters. The molecule has 0 unspecified atom stereocenters. The normalized spacial score (nSPS) is 15.7. The highest BCUT2D eigenvalue weighted by atomic mass is 35.5. The molecule has 1 N–H and O–H groups in total. The smallest absolute Gasteiger partial charge is 0.101 e. The van der Waals surface area contributed by atoms with Crippen molar-refractivity contribution in [1.82, 2.24) is 4.98 Å². The third-order valence-corrected chi connectivity index (χ3v) is 2.54. The first-order valence-corrected chi connectivity index (χ1v) is 4.82. The van der Waals surface area contributed by atoms with E-state index >= 15 is 0 Å². The summed E-state index contributed by atoms with van der Waals surface area (Å²) in [6.45, 7) is 0. The van der Waals surface area contributed by atoms with Crippen LogP contribution in [0.15, 0.2) is 29.6 Å². The van der Waals surface area contributed by atoms with Crippen LogP contribution in [0, 0.1) is 11.3 Å². The summed E-state index contributed by atoms with van der Waals surface area (Å²) in [6.07, 6.45) is 9.37. The lowest BCUT2D eigenvalue weighted by Crippen LogP contribution is -1.90. The van der Waals surface area contributed by atoms with E-state index < -0.39 is 0 Å². The van der Waals surface area contributed by atoms with Gasteiger partial charge in [0.15, 0.2) is 0 Å². The summed E-state index contributed by atoms with van der Waals surface area (Å²) in [4.78, 5) is 2.94. The van der Waals surface area contributed by atoms with Crippen LogP contribution < -0.4 is 0 Å². The van der Waals surface area contributed by atoms with E-state index in [9.17, 15) is 0 Å². The van der Waals surface area contributed by atoms with E-state index in [4.69, 9.17) is 16.9 Å². The number of aromatic nitrogens is 1. The molecule has 1 aliphatic rings. The van der Waals surface area contributed by atoms with Crippen LogP contribution in [0.25, 0.3) is 5.57 Å². The van der Waals surface area contributed by atoms with Crippen molar-refractivity contribution in [1.29, 1.82) is 5.26 Å². The fourth-order valence-corrected chi connectivity index (χ4v) is 1.84. The molecule has 0 radical (unpaired) electrons. The molecule has 1 aromatic rings.